The van der Waals surface area contributed by atoms with E-state index < -0.39 is 0 Å². The van der Waals surface area contributed by atoms with Gasteiger partial charge in [0.05, 0.1) is 0 Å². The van der Waals surface area contributed by atoms with Gasteiger partial charge in [-0.2, -0.15) is 0 Å². The second-order valence-corrected chi connectivity index (χ2v) is 5.84. The summed E-state index contributed by atoms with van der Waals surface area (Å²) >= 11 is 0. The second kappa shape index (κ2) is 4.41. The lowest BCUT2D eigenvalue weighted by Gasteiger charge is -2.13. The molecule has 2 aliphatic carbocycles. The fourth-order valence-electron chi connectivity index (χ4n) is 3.78. The molecular formula is C18H19N. The molecule has 19 heavy (non-hydrogen) atoms. The summed E-state index contributed by atoms with van der Waals surface area (Å²) in [5.74, 6) is 2.58. The summed E-state index contributed by atoms with van der Waals surface area (Å²) in [6.07, 6.45) is 2.65. The third-order valence-electron chi connectivity index (χ3n) is 4.81. The Morgan fingerprint density at radius 1 is 0.947 bits per heavy atom. The van der Waals surface area contributed by atoms with Crippen molar-refractivity contribution in [2.75, 3.05) is 11.9 Å². The molecule has 96 valence electrons. The van der Waals surface area contributed by atoms with E-state index in [2.05, 4.69) is 59.9 Å². The van der Waals surface area contributed by atoms with Crippen LogP contribution in [0.15, 0.2) is 54.6 Å². The number of rotatable bonds is 3. The summed E-state index contributed by atoms with van der Waals surface area (Å²) in [7, 11) is 0. The largest absolute Gasteiger partial charge is 0.385 e. The lowest BCUT2D eigenvalue weighted by atomic mass is 9.92. The van der Waals surface area contributed by atoms with Gasteiger partial charge in [0.15, 0.2) is 0 Å². The number of fused-ring (bicyclic) bond motifs is 3. The molecule has 0 radical (unpaired) electrons. The van der Waals surface area contributed by atoms with Crippen LogP contribution in [0.5, 0.6) is 0 Å². The fraction of sp³-hybridized carbons (Fsp3) is 0.333. The van der Waals surface area contributed by atoms with Crippen molar-refractivity contribution >= 4 is 5.69 Å². The zero-order valence-corrected chi connectivity index (χ0v) is 11.0. The number of hydrogen-bond acceptors (Lipinski definition) is 1. The average molecular weight is 249 g/mol. The van der Waals surface area contributed by atoms with Crippen molar-refractivity contribution in [3.63, 3.8) is 0 Å². The molecular weight excluding hydrogens is 230 g/mol. The van der Waals surface area contributed by atoms with Gasteiger partial charge in [-0.25, -0.2) is 0 Å². The van der Waals surface area contributed by atoms with Gasteiger partial charge in [0.1, 0.15) is 0 Å². The molecule has 0 spiro atoms. The average Bonchev–Trinajstić information content (AvgIpc) is 3.20. The summed E-state index contributed by atoms with van der Waals surface area (Å²) in [6, 6.07) is 19.6. The van der Waals surface area contributed by atoms with Gasteiger partial charge >= 0.3 is 0 Å². The molecule has 1 N–H and O–H groups in total. The molecule has 1 nitrogen and oxygen atoms in total. The Bertz CT molecular complexity index is 575. The third kappa shape index (κ3) is 1.94. The van der Waals surface area contributed by atoms with Crippen LogP contribution in [0.4, 0.5) is 5.69 Å². The number of aryl methyl sites for hydroxylation is 1. The summed E-state index contributed by atoms with van der Waals surface area (Å²) in [4.78, 5) is 0. The van der Waals surface area contributed by atoms with Gasteiger partial charge in [-0.15, -0.1) is 0 Å². The van der Waals surface area contributed by atoms with Crippen LogP contribution >= 0.6 is 0 Å². The Balaban J connectivity index is 1.46. The van der Waals surface area contributed by atoms with E-state index in [1.165, 1.54) is 18.5 Å². The van der Waals surface area contributed by atoms with Crippen LogP contribution in [-0.4, -0.2) is 6.54 Å². The highest BCUT2D eigenvalue weighted by Crippen LogP contribution is 2.59. The Hall–Kier alpha value is -1.76. The summed E-state index contributed by atoms with van der Waals surface area (Å²) < 4.78 is 0. The van der Waals surface area contributed by atoms with Gasteiger partial charge in [0.2, 0.25) is 0 Å². The standard InChI is InChI=1S/C18H19N/c1-2-7-14(8-3-1)19-12-17-16-11-10-13-6-4-5-9-15(13)18(16)17/h1-9,16-19H,10-12H2. The molecule has 2 aromatic rings. The highest BCUT2D eigenvalue weighted by atomic mass is 14.9. The van der Waals surface area contributed by atoms with E-state index in [0.29, 0.717) is 0 Å². The normalized spacial score (nSPS) is 27.3. The molecule has 3 atom stereocenters. The van der Waals surface area contributed by atoms with E-state index in [4.69, 9.17) is 0 Å². The van der Waals surface area contributed by atoms with Crippen LogP contribution in [0.25, 0.3) is 0 Å². The van der Waals surface area contributed by atoms with Crippen LogP contribution in [0.2, 0.25) is 0 Å². The Kier molecular flexibility index (Phi) is 2.58. The molecule has 3 unspecified atom stereocenters. The summed E-state index contributed by atoms with van der Waals surface area (Å²) in [5, 5.41) is 3.59. The van der Waals surface area contributed by atoms with Gasteiger partial charge in [0.25, 0.3) is 0 Å². The van der Waals surface area contributed by atoms with Crippen molar-refractivity contribution in [2.24, 2.45) is 11.8 Å². The molecule has 0 aliphatic heterocycles. The maximum Gasteiger partial charge on any atom is 0.0340 e. The monoisotopic (exact) mass is 249 g/mol. The highest BCUT2D eigenvalue weighted by Gasteiger charge is 2.52. The fourth-order valence-corrected chi connectivity index (χ4v) is 3.78. The first kappa shape index (κ1) is 11.1. The van der Waals surface area contributed by atoms with Crippen molar-refractivity contribution < 1.29 is 0 Å². The molecule has 0 amide bonds. The van der Waals surface area contributed by atoms with Crippen molar-refractivity contribution in [3.05, 3.63) is 65.7 Å². The molecule has 1 heteroatoms. The Labute approximate surface area is 114 Å². The molecule has 0 bridgehead atoms. The minimum absolute atomic E-state index is 0.821. The first-order valence-corrected chi connectivity index (χ1v) is 7.30. The van der Waals surface area contributed by atoms with E-state index in [1.807, 2.05) is 0 Å². The molecule has 2 aromatic carbocycles. The van der Waals surface area contributed by atoms with E-state index >= 15 is 0 Å². The van der Waals surface area contributed by atoms with Gasteiger partial charge in [-0.3, -0.25) is 0 Å². The zero-order chi connectivity index (χ0) is 12.7. The molecule has 0 heterocycles. The van der Waals surface area contributed by atoms with Gasteiger partial charge in [-0.05, 0) is 53.9 Å². The van der Waals surface area contributed by atoms with Gasteiger partial charge < -0.3 is 5.32 Å². The minimum Gasteiger partial charge on any atom is -0.385 e. The molecule has 0 saturated heterocycles. The van der Waals surface area contributed by atoms with E-state index in [-0.39, 0.29) is 0 Å². The van der Waals surface area contributed by atoms with E-state index in [1.54, 1.807) is 11.1 Å². The maximum absolute atomic E-state index is 3.59. The molecule has 2 aliphatic rings. The predicted molar refractivity (Wildman–Crippen MR) is 79.4 cm³/mol. The smallest absolute Gasteiger partial charge is 0.0340 e. The van der Waals surface area contributed by atoms with Crippen molar-refractivity contribution in [1.82, 2.24) is 0 Å². The van der Waals surface area contributed by atoms with Crippen LogP contribution in [-0.2, 0) is 6.42 Å². The molecule has 1 fully saturated rings. The van der Waals surface area contributed by atoms with Crippen LogP contribution in [0, 0.1) is 11.8 Å². The van der Waals surface area contributed by atoms with Crippen molar-refractivity contribution in [3.8, 4) is 0 Å². The SMILES string of the molecule is c1ccc(NCC2C3CCc4ccccc4C32)cc1. The molecule has 4 rings (SSSR count). The number of hydrogen-bond donors (Lipinski definition) is 1. The summed E-state index contributed by atoms with van der Waals surface area (Å²) in [6.45, 7) is 1.12. The van der Waals surface area contributed by atoms with Gasteiger partial charge in [-0.1, -0.05) is 42.5 Å². The minimum atomic E-state index is 0.821. The zero-order valence-electron chi connectivity index (χ0n) is 11.0. The third-order valence-corrected chi connectivity index (χ3v) is 4.81. The van der Waals surface area contributed by atoms with E-state index in [9.17, 15) is 0 Å². The van der Waals surface area contributed by atoms with Crippen molar-refractivity contribution in [2.45, 2.75) is 18.8 Å². The Morgan fingerprint density at radius 2 is 1.74 bits per heavy atom. The lowest BCUT2D eigenvalue weighted by Crippen LogP contribution is -2.04. The Morgan fingerprint density at radius 3 is 2.63 bits per heavy atom. The number of benzene rings is 2. The number of anilines is 1. The molecule has 1 saturated carbocycles. The van der Waals surface area contributed by atoms with Crippen LogP contribution < -0.4 is 5.32 Å². The lowest BCUT2D eigenvalue weighted by molar-refractivity contribution is 0.639. The van der Waals surface area contributed by atoms with Crippen LogP contribution in [0.1, 0.15) is 23.5 Å². The van der Waals surface area contributed by atoms with E-state index in [0.717, 1.165) is 24.3 Å². The quantitative estimate of drug-likeness (QED) is 0.864. The number of nitrogens with one attached hydrogen (secondary N) is 1. The van der Waals surface area contributed by atoms with Crippen LogP contribution in [0.3, 0.4) is 0 Å². The van der Waals surface area contributed by atoms with Crippen molar-refractivity contribution in [1.29, 1.82) is 0 Å². The predicted octanol–water partition coefficient (Wildman–Crippen LogP) is 4.07. The topological polar surface area (TPSA) is 12.0 Å². The second-order valence-electron chi connectivity index (χ2n) is 5.84. The first-order chi connectivity index (χ1) is 9.43. The molecule has 0 aromatic heterocycles. The maximum atomic E-state index is 3.59. The van der Waals surface area contributed by atoms with Gasteiger partial charge in [0, 0.05) is 12.2 Å². The highest BCUT2D eigenvalue weighted by molar-refractivity contribution is 5.44. The summed E-state index contributed by atoms with van der Waals surface area (Å²) in [5.41, 5.74) is 4.46. The number of para-hydroxylation sites is 1. The first-order valence-electron chi connectivity index (χ1n) is 7.30.